The number of carbonyl (C=O) groups excluding carboxylic acids is 1. The van der Waals surface area contributed by atoms with Crippen LogP contribution in [0.25, 0.3) is 10.1 Å². The molecule has 1 aromatic heterocycles. The average Bonchev–Trinajstić information content (AvgIpc) is 3.14. The summed E-state index contributed by atoms with van der Waals surface area (Å²) in [5, 5.41) is 11.3. The molecule has 1 unspecified atom stereocenters. The fraction of sp³-hybridized carbons (Fsp3) is 0.0400. The van der Waals surface area contributed by atoms with E-state index in [1.165, 1.54) is 11.3 Å². The number of nitrogens with zero attached hydrogens (tertiary/aromatic N) is 1. The Balaban J connectivity index is 1.50. The highest BCUT2D eigenvalue weighted by Crippen LogP contribution is 2.45. The highest BCUT2D eigenvalue weighted by Gasteiger charge is 2.32. The first kappa shape index (κ1) is 22.8. The van der Waals surface area contributed by atoms with E-state index in [-0.39, 0.29) is 16.5 Å². The van der Waals surface area contributed by atoms with Crippen molar-refractivity contribution in [2.45, 2.75) is 5.92 Å². The van der Waals surface area contributed by atoms with E-state index in [4.69, 9.17) is 38.4 Å². The second-order valence-corrected chi connectivity index (χ2v) is 10.1. The number of hydrogen-bond acceptors (Lipinski definition) is 6. The van der Waals surface area contributed by atoms with Gasteiger partial charge < -0.3 is 15.2 Å². The van der Waals surface area contributed by atoms with Gasteiger partial charge in [0.25, 0.3) is 0 Å². The molecule has 0 saturated carbocycles. The first-order chi connectivity index (χ1) is 16.4. The van der Waals surface area contributed by atoms with Crippen molar-refractivity contribution in [1.29, 1.82) is 5.26 Å². The zero-order chi connectivity index (χ0) is 24.0. The van der Waals surface area contributed by atoms with Crippen molar-refractivity contribution >= 4 is 66.5 Å². The number of thiophene rings is 1. The minimum atomic E-state index is -0.596. The van der Waals surface area contributed by atoms with E-state index in [0.717, 1.165) is 25.7 Å². The van der Waals surface area contributed by atoms with Crippen LogP contribution in [-0.2, 0) is 0 Å². The molecular weight excluding hydrogens is 559 g/mol. The molecule has 0 fully saturated rings. The molecule has 4 aromatic rings. The number of hydrogen-bond donors (Lipinski definition) is 1. The lowest BCUT2D eigenvalue weighted by atomic mass is 9.83. The molecule has 9 heteroatoms. The van der Waals surface area contributed by atoms with Crippen LogP contribution < -0.4 is 15.2 Å². The number of nitriles is 1. The predicted molar refractivity (Wildman–Crippen MR) is 137 cm³/mol. The van der Waals surface area contributed by atoms with E-state index < -0.39 is 11.9 Å². The Morgan fingerprint density at radius 1 is 1.12 bits per heavy atom. The number of esters is 1. The van der Waals surface area contributed by atoms with Gasteiger partial charge in [-0.15, -0.1) is 11.3 Å². The number of ether oxygens (including phenoxy) is 2. The van der Waals surface area contributed by atoms with E-state index in [1.54, 1.807) is 36.4 Å². The Kier molecular flexibility index (Phi) is 6.00. The fourth-order valence-corrected chi connectivity index (χ4v) is 6.03. The van der Waals surface area contributed by atoms with Gasteiger partial charge in [0.05, 0.1) is 10.9 Å². The molecule has 5 nitrogen and oxygen atoms in total. The highest BCUT2D eigenvalue weighted by atomic mass is 79.9. The molecule has 0 radical (unpaired) electrons. The van der Waals surface area contributed by atoms with Crippen LogP contribution in [0.2, 0.25) is 10.0 Å². The van der Waals surface area contributed by atoms with Gasteiger partial charge in [0, 0.05) is 31.2 Å². The van der Waals surface area contributed by atoms with Crippen molar-refractivity contribution in [3.05, 3.63) is 103 Å². The van der Waals surface area contributed by atoms with Gasteiger partial charge in [-0.2, -0.15) is 5.26 Å². The van der Waals surface area contributed by atoms with Crippen molar-refractivity contribution in [2.24, 2.45) is 5.73 Å². The summed E-state index contributed by atoms with van der Waals surface area (Å²) in [5.41, 5.74) is 7.99. The molecule has 2 N–H and O–H groups in total. The second kappa shape index (κ2) is 8.97. The molecule has 34 heavy (non-hydrogen) atoms. The Morgan fingerprint density at radius 3 is 2.68 bits per heavy atom. The zero-order valence-electron chi connectivity index (χ0n) is 17.1. The van der Waals surface area contributed by atoms with Gasteiger partial charge in [0.2, 0.25) is 5.88 Å². The lowest BCUT2D eigenvalue weighted by Gasteiger charge is -2.27. The van der Waals surface area contributed by atoms with Crippen LogP contribution >= 0.6 is 50.5 Å². The average molecular weight is 572 g/mol. The quantitative estimate of drug-likeness (QED) is 0.204. The molecule has 0 aliphatic carbocycles. The van der Waals surface area contributed by atoms with Gasteiger partial charge in [-0.1, -0.05) is 69.5 Å². The number of fused-ring (bicyclic) bond motifs is 2. The summed E-state index contributed by atoms with van der Waals surface area (Å²) in [6.45, 7) is 0. The Morgan fingerprint density at radius 2 is 1.91 bits per heavy atom. The Hall–Kier alpha value is -3.02. The number of carbonyl (C=O) groups is 1. The first-order valence-corrected chi connectivity index (χ1v) is 12.3. The smallest absolute Gasteiger partial charge is 0.355 e. The number of halogens is 3. The van der Waals surface area contributed by atoms with Gasteiger partial charge in [-0.05, 0) is 29.8 Å². The molecule has 1 atom stereocenters. The molecule has 3 aromatic carbocycles. The number of nitrogens with two attached hydrogens (primary N) is 1. The van der Waals surface area contributed by atoms with E-state index in [9.17, 15) is 10.1 Å². The third-order valence-corrected chi connectivity index (χ3v) is 7.99. The third kappa shape index (κ3) is 3.93. The maximum atomic E-state index is 12.9. The predicted octanol–water partition coefficient (Wildman–Crippen LogP) is 7.41. The van der Waals surface area contributed by atoms with Crippen molar-refractivity contribution in [2.75, 3.05) is 0 Å². The summed E-state index contributed by atoms with van der Waals surface area (Å²) < 4.78 is 13.0. The third-order valence-electron chi connectivity index (χ3n) is 5.39. The number of rotatable bonds is 3. The van der Waals surface area contributed by atoms with E-state index >= 15 is 0 Å². The lowest BCUT2D eigenvalue weighted by molar-refractivity contribution is 0.0740. The van der Waals surface area contributed by atoms with E-state index in [0.29, 0.717) is 21.4 Å². The summed E-state index contributed by atoms with van der Waals surface area (Å²) in [7, 11) is 0. The summed E-state index contributed by atoms with van der Waals surface area (Å²) in [6, 6.07) is 20.0. The first-order valence-electron chi connectivity index (χ1n) is 9.93. The summed E-state index contributed by atoms with van der Waals surface area (Å²) >= 11 is 17.2. The molecule has 1 aliphatic rings. The van der Waals surface area contributed by atoms with Crippen molar-refractivity contribution in [3.63, 3.8) is 0 Å². The van der Waals surface area contributed by atoms with Crippen LogP contribution in [0.1, 0.15) is 26.7 Å². The molecule has 5 rings (SSSR count). The standard InChI is InChI=1S/C25H13BrCl2N2O3S/c26-18-4-2-1-3-14(18)21-15-8-6-13(10-19(15)33-24(30)17(21)11-29)32-25(31)23-22(28)16-7-5-12(27)9-20(16)34-23/h1-10,21H,30H2. The highest BCUT2D eigenvalue weighted by molar-refractivity contribution is 9.10. The van der Waals surface area contributed by atoms with E-state index in [2.05, 4.69) is 22.0 Å². The number of benzene rings is 3. The van der Waals surface area contributed by atoms with Crippen LogP contribution in [-0.4, -0.2) is 5.97 Å². The molecule has 2 heterocycles. The summed E-state index contributed by atoms with van der Waals surface area (Å²) in [4.78, 5) is 13.2. The molecule has 168 valence electrons. The summed E-state index contributed by atoms with van der Waals surface area (Å²) in [6.07, 6.45) is 0. The molecule has 0 saturated heterocycles. The van der Waals surface area contributed by atoms with Crippen molar-refractivity contribution in [3.8, 4) is 17.6 Å². The van der Waals surface area contributed by atoms with Crippen molar-refractivity contribution in [1.82, 2.24) is 0 Å². The van der Waals surface area contributed by atoms with Crippen molar-refractivity contribution < 1.29 is 14.3 Å². The van der Waals surface area contributed by atoms with Crippen LogP contribution in [0.15, 0.2) is 76.6 Å². The topological polar surface area (TPSA) is 85.3 Å². The maximum absolute atomic E-state index is 12.9. The van der Waals surface area contributed by atoms with E-state index in [1.807, 2.05) is 24.3 Å². The Labute approximate surface area is 217 Å². The van der Waals surface area contributed by atoms with Crippen LogP contribution in [0.5, 0.6) is 11.5 Å². The van der Waals surface area contributed by atoms with Gasteiger partial charge in [-0.25, -0.2) is 4.79 Å². The minimum absolute atomic E-state index is 0.00339. The van der Waals surface area contributed by atoms with Crippen LogP contribution in [0.3, 0.4) is 0 Å². The largest absolute Gasteiger partial charge is 0.440 e. The van der Waals surface area contributed by atoms with Crippen LogP contribution in [0, 0.1) is 11.3 Å². The molecular formula is C25H13BrCl2N2O3S. The van der Waals surface area contributed by atoms with Gasteiger partial charge in [0.15, 0.2) is 0 Å². The van der Waals surface area contributed by atoms with Gasteiger partial charge >= 0.3 is 5.97 Å². The second-order valence-electron chi connectivity index (χ2n) is 7.42. The fourth-order valence-electron chi connectivity index (χ4n) is 3.85. The molecule has 0 spiro atoms. The number of allylic oxidation sites excluding steroid dienone is 1. The Bertz CT molecular complexity index is 1560. The van der Waals surface area contributed by atoms with Crippen LogP contribution in [0.4, 0.5) is 0 Å². The summed E-state index contributed by atoms with van der Waals surface area (Å²) in [5.74, 6) is -0.368. The SMILES string of the molecule is N#CC1=C(N)Oc2cc(OC(=O)c3sc4cc(Cl)ccc4c3Cl)ccc2C1c1ccccc1Br. The molecule has 0 amide bonds. The maximum Gasteiger partial charge on any atom is 0.355 e. The lowest BCUT2D eigenvalue weighted by Crippen LogP contribution is -2.21. The monoisotopic (exact) mass is 570 g/mol. The zero-order valence-corrected chi connectivity index (χ0v) is 21.1. The normalized spacial score (nSPS) is 14.9. The molecule has 1 aliphatic heterocycles. The minimum Gasteiger partial charge on any atom is -0.440 e. The van der Waals surface area contributed by atoms with Gasteiger partial charge in [-0.3, -0.25) is 0 Å². The van der Waals surface area contributed by atoms with Gasteiger partial charge in [0.1, 0.15) is 28.0 Å². The molecule has 0 bridgehead atoms.